The van der Waals surface area contributed by atoms with Gasteiger partial charge in [0.25, 0.3) is 0 Å². The van der Waals surface area contributed by atoms with E-state index in [0.29, 0.717) is 12.0 Å². The molecule has 0 atom stereocenters. The summed E-state index contributed by atoms with van der Waals surface area (Å²) in [6, 6.07) is 6.68. The number of rotatable bonds is 4. The van der Waals surface area contributed by atoms with Crippen LogP contribution in [0.5, 0.6) is 5.75 Å². The van der Waals surface area contributed by atoms with Gasteiger partial charge >= 0.3 is 0 Å². The Kier molecular flexibility index (Phi) is 2.99. The molecule has 0 saturated heterocycles. The monoisotopic (exact) mass is 204 g/mol. The summed E-state index contributed by atoms with van der Waals surface area (Å²) in [5, 5.41) is 0. The van der Waals surface area contributed by atoms with Gasteiger partial charge < -0.3 is 4.74 Å². The van der Waals surface area contributed by atoms with E-state index in [1.165, 1.54) is 24.0 Å². The molecule has 0 amide bonds. The fraction of sp³-hybridized carbons (Fsp3) is 0.571. The quantitative estimate of drug-likeness (QED) is 0.722. The van der Waals surface area contributed by atoms with Crippen LogP contribution in [-0.4, -0.2) is 6.10 Å². The lowest BCUT2D eigenvalue weighted by molar-refractivity contribution is 0.302. The van der Waals surface area contributed by atoms with E-state index in [-0.39, 0.29) is 0 Å². The van der Waals surface area contributed by atoms with E-state index >= 15 is 0 Å². The van der Waals surface area contributed by atoms with Gasteiger partial charge in [-0.1, -0.05) is 26.8 Å². The zero-order valence-electron chi connectivity index (χ0n) is 9.92. The summed E-state index contributed by atoms with van der Waals surface area (Å²) < 4.78 is 5.86. The van der Waals surface area contributed by atoms with Gasteiger partial charge in [-0.15, -0.1) is 0 Å². The van der Waals surface area contributed by atoms with Gasteiger partial charge in [-0.05, 0) is 48.4 Å². The van der Waals surface area contributed by atoms with Crippen LogP contribution in [0.2, 0.25) is 0 Å². The second-order valence-electron chi connectivity index (χ2n) is 4.74. The van der Waals surface area contributed by atoms with Crippen molar-refractivity contribution in [2.75, 3.05) is 0 Å². The maximum Gasteiger partial charge on any atom is 0.120 e. The first kappa shape index (κ1) is 10.5. The van der Waals surface area contributed by atoms with Crippen LogP contribution < -0.4 is 4.74 Å². The van der Waals surface area contributed by atoms with E-state index in [1.807, 2.05) is 0 Å². The van der Waals surface area contributed by atoms with E-state index in [1.54, 1.807) is 0 Å². The molecular formula is C14H20O. The van der Waals surface area contributed by atoms with E-state index in [4.69, 9.17) is 4.74 Å². The Morgan fingerprint density at radius 3 is 2.53 bits per heavy atom. The molecule has 1 aliphatic rings. The average Bonchev–Trinajstić information content (AvgIpc) is 3.01. The highest BCUT2D eigenvalue weighted by molar-refractivity contribution is 5.36. The predicted molar refractivity (Wildman–Crippen MR) is 63.6 cm³/mol. The lowest BCUT2D eigenvalue weighted by atomic mass is 9.99. The predicted octanol–water partition coefficient (Wildman–Crippen LogP) is 3.91. The SMILES string of the molecule is CCc1cc(OC2CC2)cc(C(C)C)c1. The van der Waals surface area contributed by atoms with Crippen molar-refractivity contribution >= 4 is 0 Å². The van der Waals surface area contributed by atoms with Crippen LogP contribution in [0.25, 0.3) is 0 Å². The zero-order chi connectivity index (χ0) is 10.8. The standard InChI is InChI=1S/C14H20O/c1-4-11-7-12(10(2)3)9-14(8-11)15-13-5-6-13/h7-10,13H,4-6H2,1-3H3. The van der Waals surface area contributed by atoms with E-state index in [0.717, 1.165) is 12.2 Å². The maximum absolute atomic E-state index is 5.86. The van der Waals surface area contributed by atoms with Gasteiger partial charge in [0.15, 0.2) is 0 Å². The highest BCUT2D eigenvalue weighted by atomic mass is 16.5. The molecule has 1 fully saturated rings. The van der Waals surface area contributed by atoms with Crippen molar-refractivity contribution in [3.05, 3.63) is 29.3 Å². The molecule has 0 bridgehead atoms. The Morgan fingerprint density at radius 1 is 1.27 bits per heavy atom. The maximum atomic E-state index is 5.86. The normalized spacial score (nSPS) is 15.7. The molecular weight excluding hydrogens is 184 g/mol. The minimum absolute atomic E-state index is 0.497. The minimum Gasteiger partial charge on any atom is -0.490 e. The van der Waals surface area contributed by atoms with Crippen LogP contribution in [0.1, 0.15) is 50.7 Å². The van der Waals surface area contributed by atoms with Gasteiger partial charge in [-0.3, -0.25) is 0 Å². The molecule has 0 radical (unpaired) electrons. The summed E-state index contributed by atoms with van der Waals surface area (Å²) in [5.41, 5.74) is 2.78. The second-order valence-corrected chi connectivity index (χ2v) is 4.74. The van der Waals surface area contributed by atoms with Gasteiger partial charge in [0.2, 0.25) is 0 Å². The van der Waals surface area contributed by atoms with Crippen molar-refractivity contribution in [2.45, 2.75) is 52.1 Å². The van der Waals surface area contributed by atoms with Crippen LogP contribution in [-0.2, 0) is 6.42 Å². The van der Waals surface area contributed by atoms with Gasteiger partial charge in [-0.2, -0.15) is 0 Å². The Morgan fingerprint density at radius 2 is 2.00 bits per heavy atom. The van der Waals surface area contributed by atoms with Crippen molar-refractivity contribution in [1.29, 1.82) is 0 Å². The minimum atomic E-state index is 0.497. The summed E-state index contributed by atoms with van der Waals surface area (Å²) in [6.07, 6.45) is 4.04. The molecule has 1 aromatic carbocycles. The molecule has 1 heteroatoms. The van der Waals surface area contributed by atoms with Gasteiger partial charge in [0, 0.05) is 0 Å². The van der Waals surface area contributed by atoms with Crippen molar-refractivity contribution in [3.8, 4) is 5.75 Å². The van der Waals surface area contributed by atoms with Crippen molar-refractivity contribution < 1.29 is 4.74 Å². The van der Waals surface area contributed by atoms with Gasteiger partial charge in [-0.25, -0.2) is 0 Å². The lowest BCUT2D eigenvalue weighted by Crippen LogP contribution is -1.99. The average molecular weight is 204 g/mol. The fourth-order valence-corrected chi connectivity index (χ4v) is 1.67. The molecule has 1 aromatic rings. The Hall–Kier alpha value is -0.980. The van der Waals surface area contributed by atoms with Gasteiger partial charge in [0.05, 0.1) is 6.10 Å². The third kappa shape index (κ3) is 2.74. The highest BCUT2D eigenvalue weighted by Crippen LogP contribution is 2.30. The Labute approximate surface area is 92.5 Å². The first-order valence-electron chi connectivity index (χ1n) is 5.99. The van der Waals surface area contributed by atoms with Crippen LogP contribution >= 0.6 is 0 Å². The molecule has 0 spiro atoms. The third-order valence-electron chi connectivity index (χ3n) is 2.89. The molecule has 0 heterocycles. The summed E-state index contributed by atoms with van der Waals surface area (Å²) in [4.78, 5) is 0. The van der Waals surface area contributed by atoms with Crippen LogP contribution in [0.15, 0.2) is 18.2 Å². The lowest BCUT2D eigenvalue weighted by Gasteiger charge is -2.12. The molecule has 1 nitrogen and oxygen atoms in total. The molecule has 2 rings (SSSR count). The van der Waals surface area contributed by atoms with Crippen LogP contribution in [0.4, 0.5) is 0 Å². The van der Waals surface area contributed by atoms with E-state index < -0.39 is 0 Å². The summed E-state index contributed by atoms with van der Waals surface area (Å²) in [6.45, 7) is 6.66. The molecule has 0 aliphatic heterocycles. The summed E-state index contributed by atoms with van der Waals surface area (Å²) in [7, 11) is 0. The van der Waals surface area contributed by atoms with Gasteiger partial charge in [0.1, 0.15) is 5.75 Å². The number of hydrogen-bond donors (Lipinski definition) is 0. The zero-order valence-corrected chi connectivity index (χ0v) is 9.92. The smallest absolute Gasteiger partial charge is 0.120 e. The topological polar surface area (TPSA) is 9.23 Å². The number of ether oxygens (including phenoxy) is 1. The number of hydrogen-bond acceptors (Lipinski definition) is 1. The van der Waals surface area contributed by atoms with Crippen molar-refractivity contribution in [3.63, 3.8) is 0 Å². The van der Waals surface area contributed by atoms with Crippen molar-refractivity contribution in [2.24, 2.45) is 0 Å². The first-order chi connectivity index (χ1) is 7.19. The molecule has 1 saturated carbocycles. The highest BCUT2D eigenvalue weighted by Gasteiger charge is 2.23. The molecule has 0 unspecified atom stereocenters. The van der Waals surface area contributed by atoms with Crippen molar-refractivity contribution in [1.82, 2.24) is 0 Å². The third-order valence-corrected chi connectivity index (χ3v) is 2.89. The molecule has 0 aromatic heterocycles. The largest absolute Gasteiger partial charge is 0.490 e. The van der Waals surface area contributed by atoms with Crippen LogP contribution in [0.3, 0.4) is 0 Å². The first-order valence-corrected chi connectivity index (χ1v) is 5.99. The van der Waals surface area contributed by atoms with E-state index in [2.05, 4.69) is 39.0 Å². The Bertz CT molecular complexity index is 337. The van der Waals surface area contributed by atoms with E-state index in [9.17, 15) is 0 Å². The summed E-state index contributed by atoms with van der Waals surface area (Å²) >= 11 is 0. The second kappa shape index (κ2) is 4.26. The Balaban J connectivity index is 2.23. The molecule has 0 N–H and O–H groups in total. The fourth-order valence-electron chi connectivity index (χ4n) is 1.67. The summed E-state index contributed by atoms with van der Waals surface area (Å²) in [5.74, 6) is 1.65. The number of aryl methyl sites for hydroxylation is 1. The molecule has 1 aliphatic carbocycles. The molecule has 82 valence electrons. The molecule has 15 heavy (non-hydrogen) atoms. The number of benzene rings is 1. The van der Waals surface area contributed by atoms with Crippen LogP contribution in [0, 0.1) is 0 Å².